The first-order valence-electron chi connectivity index (χ1n) is 8.10. The van der Waals surface area contributed by atoms with Crippen LogP contribution in [0.2, 0.25) is 0 Å². The molecular formula is C20H27NO2. The fourth-order valence-electron chi connectivity index (χ4n) is 2.54. The molecule has 0 saturated heterocycles. The van der Waals surface area contributed by atoms with Crippen molar-refractivity contribution in [2.45, 2.75) is 27.0 Å². The van der Waals surface area contributed by atoms with Crippen LogP contribution in [0.1, 0.15) is 25.0 Å². The molecule has 1 N–H and O–H groups in total. The van der Waals surface area contributed by atoms with E-state index in [1.165, 1.54) is 5.56 Å². The number of aliphatic hydroxyl groups excluding tert-OH is 1. The largest absolute Gasteiger partial charge is 0.493 e. The van der Waals surface area contributed by atoms with Gasteiger partial charge in [-0.3, -0.25) is 0 Å². The van der Waals surface area contributed by atoms with Gasteiger partial charge in [0.1, 0.15) is 5.75 Å². The molecule has 0 aliphatic carbocycles. The Kier molecular flexibility index (Phi) is 6.20. The van der Waals surface area contributed by atoms with E-state index in [1.54, 1.807) is 0 Å². The van der Waals surface area contributed by atoms with Gasteiger partial charge in [-0.25, -0.2) is 0 Å². The summed E-state index contributed by atoms with van der Waals surface area (Å²) in [7, 11) is 4.09. The molecule has 2 rings (SSSR count). The summed E-state index contributed by atoms with van der Waals surface area (Å²) in [5, 5.41) is 9.74. The van der Waals surface area contributed by atoms with Gasteiger partial charge in [0.05, 0.1) is 13.2 Å². The molecule has 0 aliphatic rings. The summed E-state index contributed by atoms with van der Waals surface area (Å²) >= 11 is 0. The molecule has 0 amide bonds. The summed E-state index contributed by atoms with van der Waals surface area (Å²) in [5.74, 6) is 1.37. The number of aliphatic hydroxyl groups is 1. The number of rotatable bonds is 7. The van der Waals surface area contributed by atoms with Gasteiger partial charge in [-0.15, -0.1) is 0 Å². The van der Waals surface area contributed by atoms with Crippen LogP contribution in [0.3, 0.4) is 0 Å². The van der Waals surface area contributed by atoms with Crippen molar-refractivity contribution in [2.75, 3.05) is 20.7 Å². The molecule has 0 saturated carbocycles. The van der Waals surface area contributed by atoms with E-state index in [4.69, 9.17) is 4.74 Å². The standard InChI is InChI=1S/C20H27NO2/c1-15(2)14-23-19-7-5-6-17(11-19)20-9-8-16(12-21(3)4)10-18(20)13-22/h5-11,15,22H,12-14H2,1-4H3. The fraction of sp³-hybridized carbons (Fsp3) is 0.400. The van der Waals surface area contributed by atoms with Crippen molar-refractivity contribution in [3.05, 3.63) is 53.6 Å². The molecule has 0 aliphatic heterocycles. The lowest BCUT2D eigenvalue weighted by Gasteiger charge is -2.15. The highest BCUT2D eigenvalue weighted by Crippen LogP contribution is 2.28. The number of benzene rings is 2. The quantitative estimate of drug-likeness (QED) is 0.840. The average molecular weight is 313 g/mol. The first kappa shape index (κ1) is 17.5. The smallest absolute Gasteiger partial charge is 0.119 e. The Labute approximate surface area is 139 Å². The summed E-state index contributed by atoms with van der Waals surface area (Å²) in [4.78, 5) is 2.12. The average Bonchev–Trinajstić information content (AvgIpc) is 2.52. The van der Waals surface area contributed by atoms with E-state index < -0.39 is 0 Å². The van der Waals surface area contributed by atoms with Crippen LogP contribution >= 0.6 is 0 Å². The summed E-state index contributed by atoms with van der Waals surface area (Å²) in [6.07, 6.45) is 0. The van der Waals surface area contributed by atoms with Crippen LogP contribution in [0.25, 0.3) is 11.1 Å². The molecular weight excluding hydrogens is 286 g/mol. The van der Waals surface area contributed by atoms with Gasteiger partial charge in [0.2, 0.25) is 0 Å². The van der Waals surface area contributed by atoms with E-state index in [2.05, 4.69) is 43.0 Å². The van der Waals surface area contributed by atoms with Crippen LogP contribution in [-0.4, -0.2) is 30.7 Å². The Morgan fingerprint density at radius 2 is 1.87 bits per heavy atom. The molecule has 23 heavy (non-hydrogen) atoms. The van der Waals surface area contributed by atoms with Crippen molar-refractivity contribution < 1.29 is 9.84 Å². The van der Waals surface area contributed by atoms with Gasteiger partial charge < -0.3 is 14.7 Å². The first-order valence-corrected chi connectivity index (χ1v) is 8.10. The minimum Gasteiger partial charge on any atom is -0.493 e. The van der Waals surface area contributed by atoms with Gasteiger partial charge in [0, 0.05) is 6.54 Å². The molecule has 0 aromatic heterocycles. The van der Waals surface area contributed by atoms with E-state index in [0.717, 1.165) is 29.0 Å². The first-order chi connectivity index (χ1) is 11.0. The van der Waals surface area contributed by atoms with Gasteiger partial charge in [-0.1, -0.05) is 44.2 Å². The zero-order chi connectivity index (χ0) is 16.8. The number of nitrogens with zero attached hydrogens (tertiary/aromatic N) is 1. The molecule has 0 spiro atoms. The molecule has 2 aromatic rings. The normalized spacial score (nSPS) is 11.3. The molecule has 0 radical (unpaired) electrons. The summed E-state index contributed by atoms with van der Waals surface area (Å²) in [6.45, 7) is 5.88. The van der Waals surface area contributed by atoms with Crippen LogP contribution < -0.4 is 4.74 Å². The lowest BCUT2D eigenvalue weighted by Crippen LogP contribution is -2.11. The third-order valence-electron chi connectivity index (χ3n) is 3.57. The van der Waals surface area contributed by atoms with Crippen molar-refractivity contribution in [1.29, 1.82) is 0 Å². The Morgan fingerprint density at radius 1 is 1.09 bits per heavy atom. The molecule has 124 valence electrons. The van der Waals surface area contributed by atoms with E-state index in [9.17, 15) is 5.11 Å². The van der Waals surface area contributed by atoms with Gasteiger partial charge in [0.15, 0.2) is 0 Å². The Morgan fingerprint density at radius 3 is 2.52 bits per heavy atom. The van der Waals surface area contributed by atoms with Crippen molar-refractivity contribution in [2.24, 2.45) is 5.92 Å². The molecule has 3 heteroatoms. The second kappa shape index (κ2) is 8.14. The zero-order valence-corrected chi connectivity index (χ0v) is 14.5. The van der Waals surface area contributed by atoms with E-state index in [-0.39, 0.29) is 6.61 Å². The molecule has 0 bridgehead atoms. The molecule has 2 aromatic carbocycles. The summed E-state index contributed by atoms with van der Waals surface area (Å²) < 4.78 is 5.81. The second-order valence-electron chi connectivity index (χ2n) is 6.62. The Balaban J connectivity index is 2.28. The van der Waals surface area contributed by atoms with Crippen LogP contribution in [0.15, 0.2) is 42.5 Å². The van der Waals surface area contributed by atoms with Crippen LogP contribution in [0, 0.1) is 5.92 Å². The SMILES string of the molecule is CC(C)COc1cccc(-c2ccc(CN(C)C)cc2CO)c1. The highest BCUT2D eigenvalue weighted by molar-refractivity contribution is 5.69. The van der Waals surface area contributed by atoms with Crippen LogP contribution in [0.5, 0.6) is 5.75 Å². The Hall–Kier alpha value is -1.84. The van der Waals surface area contributed by atoms with Gasteiger partial charge in [-0.2, -0.15) is 0 Å². The van der Waals surface area contributed by atoms with Gasteiger partial charge in [0.25, 0.3) is 0 Å². The van der Waals surface area contributed by atoms with E-state index >= 15 is 0 Å². The topological polar surface area (TPSA) is 32.7 Å². The lowest BCUT2D eigenvalue weighted by atomic mass is 9.97. The molecule has 3 nitrogen and oxygen atoms in total. The van der Waals surface area contributed by atoms with Crippen molar-refractivity contribution >= 4 is 0 Å². The van der Waals surface area contributed by atoms with Crippen molar-refractivity contribution in [3.63, 3.8) is 0 Å². The minimum atomic E-state index is 0.0354. The third-order valence-corrected chi connectivity index (χ3v) is 3.57. The zero-order valence-electron chi connectivity index (χ0n) is 14.5. The molecule has 0 unspecified atom stereocenters. The molecule has 0 fully saturated rings. The highest BCUT2D eigenvalue weighted by atomic mass is 16.5. The highest BCUT2D eigenvalue weighted by Gasteiger charge is 2.08. The van der Waals surface area contributed by atoms with Gasteiger partial charge in [-0.05, 0) is 54.4 Å². The maximum Gasteiger partial charge on any atom is 0.119 e. The predicted octanol–water partition coefficient (Wildman–Crippen LogP) is 3.94. The van der Waals surface area contributed by atoms with Gasteiger partial charge >= 0.3 is 0 Å². The number of hydrogen-bond acceptors (Lipinski definition) is 3. The van der Waals surface area contributed by atoms with Crippen LogP contribution in [0.4, 0.5) is 0 Å². The predicted molar refractivity (Wildman–Crippen MR) is 95.5 cm³/mol. The minimum absolute atomic E-state index is 0.0354. The van der Waals surface area contributed by atoms with Crippen LogP contribution in [-0.2, 0) is 13.2 Å². The summed E-state index contributed by atoms with van der Waals surface area (Å²) in [5.41, 5.74) is 4.29. The third kappa shape index (κ3) is 5.08. The maximum atomic E-state index is 9.74. The lowest BCUT2D eigenvalue weighted by molar-refractivity contribution is 0.271. The van der Waals surface area contributed by atoms with Crippen molar-refractivity contribution in [3.8, 4) is 16.9 Å². The number of ether oxygens (including phenoxy) is 1. The monoisotopic (exact) mass is 313 g/mol. The second-order valence-corrected chi connectivity index (χ2v) is 6.62. The van der Waals surface area contributed by atoms with E-state index in [0.29, 0.717) is 12.5 Å². The fourth-order valence-corrected chi connectivity index (χ4v) is 2.54. The molecule has 0 atom stereocenters. The van der Waals surface area contributed by atoms with Crippen molar-refractivity contribution in [1.82, 2.24) is 4.90 Å². The summed E-state index contributed by atoms with van der Waals surface area (Å²) in [6, 6.07) is 14.4. The maximum absolute atomic E-state index is 9.74. The number of hydrogen-bond donors (Lipinski definition) is 1. The van der Waals surface area contributed by atoms with E-state index in [1.807, 2.05) is 32.3 Å². The molecule has 0 heterocycles. The Bertz CT molecular complexity index is 635.